The summed E-state index contributed by atoms with van der Waals surface area (Å²) in [6, 6.07) is 7.12. The van der Waals surface area contributed by atoms with E-state index in [2.05, 4.69) is 5.10 Å². The molecule has 0 bridgehead atoms. The number of carbonyl (C=O) groups excluding carboxylic acids is 1. The predicted molar refractivity (Wildman–Crippen MR) is 86.7 cm³/mol. The molecule has 0 spiro atoms. The van der Waals surface area contributed by atoms with Crippen molar-refractivity contribution in [1.82, 2.24) is 14.7 Å². The fraction of sp³-hybridized carbons (Fsp3) is 0.333. The van der Waals surface area contributed by atoms with Crippen LogP contribution in [0.1, 0.15) is 23.3 Å². The normalized spacial score (nSPS) is 16.0. The second kappa shape index (κ2) is 6.28. The summed E-state index contributed by atoms with van der Waals surface area (Å²) in [5.41, 5.74) is 7.04. The topological polar surface area (TPSA) is 64.2 Å². The third-order valence-corrected chi connectivity index (χ3v) is 4.54. The number of hydrogen-bond donors (Lipinski definition) is 1. The zero-order chi connectivity index (χ0) is 15.7. The molecule has 5 nitrogen and oxygen atoms in total. The molecule has 1 saturated heterocycles. The van der Waals surface area contributed by atoms with Gasteiger partial charge >= 0.3 is 0 Å². The molecule has 0 aliphatic carbocycles. The van der Waals surface area contributed by atoms with E-state index >= 15 is 0 Å². The lowest BCUT2D eigenvalue weighted by atomic mass is 10.1. The minimum Gasteiger partial charge on any atom is -0.337 e. The van der Waals surface area contributed by atoms with Crippen molar-refractivity contribution >= 4 is 29.1 Å². The molecule has 2 heterocycles. The average Bonchev–Trinajstić information content (AvgIpc) is 3.00. The number of benzene rings is 1. The number of nitrogens with zero attached hydrogens (tertiary/aromatic N) is 3. The highest BCUT2D eigenvalue weighted by atomic mass is 35.5. The van der Waals surface area contributed by atoms with Crippen LogP contribution in [0.2, 0.25) is 10.0 Å². The Kier molecular flexibility index (Phi) is 4.38. The Morgan fingerprint density at radius 1 is 1.18 bits per heavy atom. The molecular formula is C15H16Cl2N4O. The minimum atomic E-state index is -0.0642. The molecule has 1 aliphatic heterocycles. The van der Waals surface area contributed by atoms with Crippen molar-refractivity contribution in [2.75, 3.05) is 13.1 Å². The van der Waals surface area contributed by atoms with Crippen molar-refractivity contribution in [3.05, 3.63) is 46.2 Å². The van der Waals surface area contributed by atoms with Crippen LogP contribution >= 0.6 is 23.2 Å². The van der Waals surface area contributed by atoms with Gasteiger partial charge in [-0.25, -0.2) is 4.68 Å². The van der Waals surface area contributed by atoms with Crippen LogP contribution in [0.25, 0.3) is 5.69 Å². The summed E-state index contributed by atoms with van der Waals surface area (Å²) < 4.78 is 1.62. The van der Waals surface area contributed by atoms with Gasteiger partial charge in [0.05, 0.1) is 15.7 Å². The number of nitrogens with two attached hydrogens (primary N) is 1. The Morgan fingerprint density at radius 3 is 2.59 bits per heavy atom. The summed E-state index contributed by atoms with van der Waals surface area (Å²) >= 11 is 11.9. The standard InChI is InChI=1S/C15H16Cl2N4O/c16-12-2-1-11(9-13(12)17)21-8-5-14(19-21)15(22)20-6-3-10(18)4-7-20/h1-2,5,8-10H,3-4,6-7,18H2. The van der Waals surface area contributed by atoms with Crippen LogP contribution in [-0.2, 0) is 0 Å². The average molecular weight is 339 g/mol. The first kappa shape index (κ1) is 15.3. The highest BCUT2D eigenvalue weighted by molar-refractivity contribution is 6.42. The molecule has 22 heavy (non-hydrogen) atoms. The smallest absolute Gasteiger partial charge is 0.274 e. The maximum Gasteiger partial charge on any atom is 0.274 e. The number of likely N-dealkylation sites (tertiary alicyclic amines) is 1. The predicted octanol–water partition coefficient (Wildman–Crippen LogP) is 2.74. The van der Waals surface area contributed by atoms with E-state index in [1.807, 2.05) is 0 Å². The molecule has 1 aromatic heterocycles. The van der Waals surface area contributed by atoms with Gasteiger partial charge in [-0.3, -0.25) is 4.79 Å². The third kappa shape index (κ3) is 3.11. The summed E-state index contributed by atoms with van der Waals surface area (Å²) in [6.07, 6.45) is 3.40. The summed E-state index contributed by atoms with van der Waals surface area (Å²) in [5.74, 6) is -0.0642. The van der Waals surface area contributed by atoms with E-state index in [1.165, 1.54) is 0 Å². The van der Waals surface area contributed by atoms with E-state index in [1.54, 1.807) is 40.0 Å². The first-order valence-electron chi connectivity index (χ1n) is 7.10. The van der Waals surface area contributed by atoms with E-state index in [0.29, 0.717) is 28.8 Å². The van der Waals surface area contributed by atoms with Crippen LogP contribution in [0.3, 0.4) is 0 Å². The third-order valence-electron chi connectivity index (χ3n) is 3.80. The van der Waals surface area contributed by atoms with Crippen molar-refractivity contribution < 1.29 is 4.79 Å². The molecule has 0 unspecified atom stereocenters. The van der Waals surface area contributed by atoms with Crippen molar-refractivity contribution in [3.63, 3.8) is 0 Å². The van der Waals surface area contributed by atoms with Gasteiger partial charge < -0.3 is 10.6 Å². The second-order valence-corrected chi connectivity index (χ2v) is 6.19. The molecule has 2 aromatic rings. The lowest BCUT2D eigenvalue weighted by molar-refractivity contribution is 0.0708. The molecule has 7 heteroatoms. The number of rotatable bonds is 2. The largest absolute Gasteiger partial charge is 0.337 e. The quantitative estimate of drug-likeness (QED) is 0.915. The van der Waals surface area contributed by atoms with Crippen LogP contribution in [0.5, 0.6) is 0 Å². The molecular weight excluding hydrogens is 323 g/mol. The summed E-state index contributed by atoms with van der Waals surface area (Å²) in [5, 5.41) is 5.27. The SMILES string of the molecule is NC1CCN(C(=O)c2ccn(-c3ccc(Cl)c(Cl)c3)n2)CC1. The molecule has 1 fully saturated rings. The number of halogens is 2. The van der Waals surface area contributed by atoms with E-state index in [4.69, 9.17) is 28.9 Å². The summed E-state index contributed by atoms with van der Waals surface area (Å²) in [6.45, 7) is 1.36. The first-order valence-corrected chi connectivity index (χ1v) is 7.86. The van der Waals surface area contributed by atoms with Crippen molar-refractivity contribution in [3.8, 4) is 5.69 Å². The van der Waals surface area contributed by atoms with Crippen molar-refractivity contribution in [2.45, 2.75) is 18.9 Å². The van der Waals surface area contributed by atoms with Gasteiger partial charge in [0, 0.05) is 25.3 Å². The van der Waals surface area contributed by atoms with Gasteiger partial charge in [0.15, 0.2) is 5.69 Å². The number of amides is 1. The zero-order valence-electron chi connectivity index (χ0n) is 11.9. The first-order chi connectivity index (χ1) is 10.5. The van der Waals surface area contributed by atoms with Gasteiger partial charge in [-0.2, -0.15) is 5.10 Å². The molecule has 0 radical (unpaired) electrons. The van der Waals surface area contributed by atoms with E-state index in [-0.39, 0.29) is 11.9 Å². The molecule has 3 rings (SSSR count). The van der Waals surface area contributed by atoms with Gasteiger partial charge in [-0.1, -0.05) is 23.2 Å². The fourth-order valence-electron chi connectivity index (χ4n) is 2.47. The number of piperidine rings is 1. The van der Waals surface area contributed by atoms with Crippen LogP contribution in [0.4, 0.5) is 0 Å². The van der Waals surface area contributed by atoms with Crippen molar-refractivity contribution in [2.24, 2.45) is 5.73 Å². The van der Waals surface area contributed by atoms with Gasteiger partial charge in [-0.15, -0.1) is 0 Å². The zero-order valence-corrected chi connectivity index (χ0v) is 13.4. The Labute approximate surface area is 138 Å². The fourth-order valence-corrected chi connectivity index (χ4v) is 2.77. The highest BCUT2D eigenvalue weighted by Gasteiger charge is 2.23. The van der Waals surface area contributed by atoms with E-state index < -0.39 is 0 Å². The molecule has 0 saturated carbocycles. The van der Waals surface area contributed by atoms with Gasteiger partial charge in [0.2, 0.25) is 0 Å². The second-order valence-electron chi connectivity index (χ2n) is 5.37. The molecule has 1 aliphatic rings. The van der Waals surface area contributed by atoms with Crippen LogP contribution in [0.15, 0.2) is 30.5 Å². The number of carbonyl (C=O) groups is 1. The van der Waals surface area contributed by atoms with Gasteiger partial charge in [-0.05, 0) is 37.1 Å². The Bertz CT molecular complexity index is 693. The molecule has 0 atom stereocenters. The van der Waals surface area contributed by atoms with E-state index in [0.717, 1.165) is 18.5 Å². The van der Waals surface area contributed by atoms with Crippen LogP contribution in [0, 0.1) is 0 Å². The monoisotopic (exact) mass is 338 g/mol. The number of aromatic nitrogens is 2. The molecule has 2 N–H and O–H groups in total. The summed E-state index contributed by atoms with van der Waals surface area (Å²) in [7, 11) is 0. The van der Waals surface area contributed by atoms with Gasteiger partial charge in [0.1, 0.15) is 0 Å². The minimum absolute atomic E-state index is 0.0642. The Morgan fingerprint density at radius 2 is 1.91 bits per heavy atom. The highest BCUT2D eigenvalue weighted by Crippen LogP contribution is 2.24. The maximum atomic E-state index is 12.4. The lowest BCUT2D eigenvalue weighted by Gasteiger charge is -2.29. The Balaban J connectivity index is 1.78. The molecule has 1 amide bonds. The van der Waals surface area contributed by atoms with Crippen molar-refractivity contribution in [1.29, 1.82) is 0 Å². The maximum absolute atomic E-state index is 12.4. The van der Waals surface area contributed by atoms with E-state index in [9.17, 15) is 4.79 Å². The van der Waals surface area contributed by atoms with Crippen LogP contribution < -0.4 is 5.73 Å². The van der Waals surface area contributed by atoms with Gasteiger partial charge in [0.25, 0.3) is 5.91 Å². The van der Waals surface area contributed by atoms with Crippen LogP contribution in [-0.4, -0.2) is 39.7 Å². The molecule has 1 aromatic carbocycles. The molecule has 116 valence electrons. The lowest BCUT2D eigenvalue weighted by Crippen LogP contribution is -2.43. The summed E-state index contributed by atoms with van der Waals surface area (Å²) in [4.78, 5) is 14.2. The number of hydrogen-bond acceptors (Lipinski definition) is 3. The Hall–Kier alpha value is -1.56.